The molecule has 0 saturated carbocycles. The molecule has 0 aliphatic rings. The molecule has 104 valence electrons. The maximum Gasteiger partial charge on any atom is 0.302 e. The first-order valence-corrected chi connectivity index (χ1v) is 6.46. The number of aliphatic carboxylic acids is 1. The molecule has 1 N–H and O–H groups in total. The van der Waals surface area contributed by atoms with Crippen LogP contribution >= 0.6 is 11.9 Å². The van der Waals surface area contributed by atoms with Crippen molar-refractivity contribution in [3.8, 4) is 0 Å². The molecule has 0 unspecified atom stereocenters. The molecule has 0 aliphatic heterocycles. The van der Waals surface area contributed by atoms with Crippen molar-refractivity contribution in [3.05, 3.63) is 28.4 Å². The lowest BCUT2D eigenvalue weighted by molar-refractivity contribution is -0.388. The van der Waals surface area contributed by atoms with E-state index in [1.807, 2.05) is 13.8 Å². The minimum absolute atomic E-state index is 0.127. The van der Waals surface area contributed by atoms with Crippen molar-refractivity contribution in [2.45, 2.75) is 31.3 Å². The van der Waals surface area contributed by atoms with Crippen molar-refractivity contribution in [1.82, 2.24) is 9.71 Å². The molecule has 19 heavy (non-hydrogen) atoms. The second kappa shape index (κ2) is 7.05. The van der Waals surface area contributed by atoms with E-state index in [0.717, 1.165) is 11.9 Å². The lowest BCUT2D eigenvalue weighted by Crippen LogP contribution is -2.43. The Labute approximate surface area is 114 Å². The normalized spacial score (nSPS) is 12.4. The highest BCUT2D eigenvalue weighted by molar-refractivity contribution is 7.97. The number of nitro groups is 1. The first-order valence-electron chi connectivity index (χ1n) is 5.64. The number of nitrogens with one attached hydrogen (secondary N) is 1. The number of rotatable bonds is 7. The van der Waals surface area contributed by atoms with E-state index in [1.54, 1.807) is 0 Å². The lowest BCUT2D eigenvalue weighted by atomic mass is 10.1. The van der Waals surface area contributed by atoms with Crippen LogP contribution in [0.4, 0.5) is 5.69 Å². The predicted octanol–water partition coefficient (Wildman–Crippen LogP) is 0.751. The Kier molecular flexibility index (Phi) is 5.71. The average molecular weight is 284 g/mol. The molecule has 0 bridgehead atoms. The highest BCUT2D eigenvalue weighted by atomic mass is 32.2. The molecule has 1 atom stereocenters. The van der Waals surface area contributed by atoms with Gasteiger partial charge in [-0.3, -0.25) is 10.1 Å². The van der Waals surface area contributed by atoms with Gasteiger partial charge in [0.05, 0.1) is 16.9 Å². The van der Waals surface area contributed by atoms with Crippen LogP contribution in [0.3, 0.4) is 0 Å². The lowest BCUT2D eigenvalue weighted by Gasteiger charge is -2.20. The third-order valence-electron chi connectivity index (χ3n) is 2.24. The van der Waals surface area contributed by atoms with Crippen molar-refractivity contribution in [1.29, 1.82) is 0 Å². The fraction of sp³-hybridized carbons (Fsp3) is 0.455. The number of aromatic nitrogens is 1. The molecule has 0 aliphatic carbocycles. The summed E-state index contributed by atoms with van der Waals surface area (Å²) in [6.07, 6.45) is 1.78. The average Bonchev–Trinajstić information content (AvgIpc) is 2.34. The Balaban J connectivity index is 2.74. The third kappa shape index (κ3) is 4.84. The van der Waals surface area contributed by atoms with Gasteiger partial charge in [0.2, 0.25) is 0 Å². The zero-order chi connectivity index (χ0) is 14.4. The van der Waals surface area contributed by atoms with Gasteiger partial charge in [-0.15, -0.1) is 0 Å². The van der Waals surface area contributed by atoms with E-state index in [9.17, 15) is 20.0 Å². The Morgan fingerprint density at radius 2 is 2.26 bits per heavy atom. The molecule has 1 rings (SSSR count). The van der Waals surface area contributed by atoms with Crippen LogP contribution in [0.25, 0.3) is 0 Å². The second-order valence-electron chi connectivity index (χ2n) is 4.31. The number of pyridine rings is 1. The molecule has 0 amide bonds. The zero-order valence-corrected chi connectivity index (χ0v) is 11.3. The van der Waals surface area contributed by atoms with Gasteiger partial charge in [-0.25, -0.2) is 9.71 Å². The minimum atomic E-state index is -1.24. The van der Waals surface area contributed by atoms with Crippen molar-refractivity contribution in [2.24, 2.45) is 5.92 Å². The van der Waals surface area contributed by atoms with Crippen LogP contribution in [0.5, 0.6) is 0 Å². The Morgan fingerprint density at radius 1 is 1.58 bits per heavy atom. The number of carboxylic acid groups (broad SMARTS) is 1. The van der Waals surface area contributed by atoms with Crippen molar-refractivity contribution < 1.29 is 14.8 Å². The molecule has 1 aromatic rings. The summed E-state index contributed by atoms with van der Waals surface area (Å²) in [5.74, 6) is -1.07. The van der Waals surface area contributed by atoms with Crippen LogP contribution in [0.2, 0.25) is 0 Å². The summed E-state index contributed by atoms with van der Waals surface area (Å²) >= 11 is 0.830. The van der Waals surface area contributed by atoms with Gasteiger partial charge in [0.15, 0.2) is 5.03 Å². The van der Waals surface area contributed by atoms with Crippen LogP contribution in [0.1, 0.15) is 20.3 Å². The second-order valence-corrected chi connectivity index (χ2v) is 5.13. The molecule has 0 saturated heterocycles. The number of hydrogen-bond donors (Lipinski definition) is 1. The van der Waals surface area contributed by atoms with Gasteiger partial charge in [-0.1, -0.05) is 13.8 Å². The maximum absolute atomic E-state index is 10.9. The maximum atomic E-state index is 10.9. The predicted molar refractivity (Wildman–Crippen MR) is 68.1 cm³/mol. The molecule has 0 fully saturated rings. The van der Waals surface area contributed by atoms with Crippen LogP contribution < -0.4 is 9.83 Å². The summed E-state index contributed by atoms with van der Waals surface area (Å²) in [6, 6.07) is 1.88. The largest absolute Gasteiger partial charge is 0.548 e. The van der Waals surface area contributed by atoms with Crippen LogP contribution in [-0.2, 0) is 4.79 Å². The fourth-order valence-corrected chi connectivity index (χ4v) is 2.20. The Hall–Kier alpha value is -1.67. The zero-order valence-electron chi connectivity index (χ0n) is 10.5. The van der Waals surface area contributed by atoms with E-state index in [4.69, 9.17) is 0 Å². The summed E-state index contributed by atoms with van der Waals surface area (Å²) in [4.78, 5) is 25.0. The van der Waals surface area contributed by atoms with Gasteiger partial charge in [-0.2, -0.15) is 0 Å². The van der Waals surface area contributed by atoms with E-state index in [2.05, 4.69) is 9.71 Å². The number of carbonyl (C=O) groups is 1. The fourth-order valence-electron chi connectivity index (χ4n) is 1.39. The molecule has 7 nitrogen and oxygen atoms in total. The molecular weight excluding hydrogens is 270 g/mol. The number of hydrogen-bond acceptors (Lipinski definition) is 7. The number of carbonyl (C=O) groups excluding carboxylic acids is 1. The standard InChI is InChI=1S/C11H15N3O4S/c1-7(2)6-8(11(15)16)13-19-10-9(14(17)18)4-3-5-12-10/h3-5,7-8,13H,6H2,1-2H3,(H,15,16)/p-1/t8-/m1/s1. The van der Waals surface area contributed by atoms with E-state index in [1.165, 1.54) is 18.3 Å². The van der Waals surface area contributed by atoms with Gasteiger partial charge in [-0.05, 0) is 30.4 Å². The smallest absolute Gasteiger partial charge is 0.302 e. The molecule has 0 spiro atoms. The van der Waals surface area contributed by atoms with Crippen molar-refractivity contribution in [3.63, 3.8) is 0 Å². The molecule has 1 heterocycles. The highest BCUT2D eigenvalue weighted by Crippen LogP contribution is 2.24. The summed E-state index contributed by atoms with van der Waals surface area (Å²) in [5.41, 5.74) is -0.165. The quantitative estimate of drug-likeness (QED) is 0.447. The highest BCUT2D eigenvalue weighted by Gasteiger charge is 2.18. The molecule has 1 aromatic heterocycles. The van der Waals surface area contributed by atoms with Gasteiger partial charge in [0, 0.05) is 12.3 Å². The summed E-state index contributed by atoms with van der Waals surface area (Å²) in [7, 11) is 0. The Bertz CT molecular complexity index is 467. The van der Waals surface area contributed by atoms with E-state index in [0.29, 0.717) is 6.42 Å². The first kappa shape index (κ1) is 15.4. The van der Waals surface area contributed by atoms with Gasteiger partial charge >= 0.3 is 5.69 Å². The number of carboxylic acids is 1. The third-order valence-corrected chi connectivity index (χ3v) is 3.15. The first-order chi connectivity index (χ1) is 8.91. The van der Waals surface area contributed by atoms with Gasteiger partial charge in [0.25, 0.3) is 0 Å². The number of nitrogens with zero attached hydrogens (tertiary/aromatic N) is 2. The van der Waals surface area contributed by atoms with E-state index in [-0.39, 0.29) is 16.6 Å². The van der Waals surface area contributed by atoms with Gasteiger partial charge in [0.1, 0.15) is 0 Å². The summed E-state index contributed by atoms with van der Waals surface area (Å²) < 4.78 is 2.65. The minimum Gasteiger partial charge on any atom is -0.548 e. The van der Waals surface area contributed by atoms with Crippen LogP contribution in [0, 0.1) is 16.0 Å². The Morgan fingerprint density at radius 3 is 2.79 bits per heavy atom. The molecule has 8 heteroatoms. The monoisotopic (exact) mass is 284 g/mol. The van der Waals surface area contributed by atoms with Crippen molar-refractivity contribution >= 4 is 23.6 Å². The molecule has 0 aromatic carbocycles. The van der Waals surface area contributed by atoms with E-state index >= 15 is 0 Å². The van der Waals surface area contributed by atoms with E-state index < -0.39 is 16.9 Å². The van der Waals surface area contributed by atoms with Crippen LogP contribution in [-0.4, -0.2) is 21.9 Å². The van der Waals surface area contributed by atoms with Gasteiger partial charge < -0.3 is 9.90 Å². The van der Waals surface area contributed by atoms with Crippen LogP contribution in [0.15, 0.2) is 23.4 Å². The molecule has 0 radical (unpaired) electrons. The molecular formula is C11H14N3O4S-. The summed E-state index contributed by atoms with van der Waals surface area (Å²) in [6.45, 7) is 3.76. The topological polar surface area (TPSA) is 108 Å². The summed E-state index contributed by atoms with van der Waals surface area (Å²) in [5, 5.41) is 21.8. The SMILES string of the molecule is CC(C)C[C@@H](NSc1ncccc1[N+](=O)[O-])C(=O)[O-]. The van der Waals surface area contributed by atoms with Crippen molar-refractivity contribution in [2.75, 3.05) is 0 Å².